The van der Waals surface area contributed by atoms with Crippen molar-refractivity contribution >= 4 is 0 Å². The average molecular weight is 284 g/mol. The number of hydrogen-bond donors (Lipinski definition) is 1. The second kappa shape index (κ2) is 5.35. The molecular weight excluding hydrogens is 264 g/mol. The Morgan fingerprint density at radius 3 is 2.76 bits per heavy atom. The van der Waals surface area contributed by atoms with Crippen LogP contribution in [0.4, 0.5) is 0 Å². The van der Waals surface area contributed by atoms with Gasteiger partial charge >= 0.3 is 0 Å². The van der Waals surface area contributed by atoms with Crippen molar-refractivity contribution in [2.75, 3.05) is 0 Å². The number of H-pyrrole nitrogens is 1. The fraction of sp³-hybridized carbons (Fsp3) is 0.412. The van der Waals surface area contributed by atoms with Crippen LogP contribution in [-0.4, -0.2) is 16.1 Å². The van der Waals surface area contributed by atoms with Gasteiger partial charge in [-0.1, -0.05) is 26.0 Å². The minimum Gasteiger partial charge on any atom is -0.490 e. The van der Waals surface area contributed by atoms with Gasteiger partial charge in [-0.15, -0.1) is 0 Å². The van der Waals surface area contributed by atoms with Gasteiger partial charge in [0.2, 0.25) is 0 Å². The van der Waals surface area contributed by atoms with E-state index in [0.717, 1.165) is 29.8 Å². The molecule has 1 heterocycles. The molecule has 21 heavy (non-hydrogen) atoms. The van der Waals surface area contributed by atoms with E-state index in [9.17, 15) is 4.79 Å². The third-order valence-corrected chi connectivity index (χ3v) is 3.65. The van der Waals surface area contributed by atoms with Gasteiger partial charge in [-0.25, -0.2) is 4.98 Å². The second-order valence-electron chi connectivity index (χ2n) is 5.92. The average Bonchev–Trinajstić information content (AvgIpc) is 3.25. The van der Waals surface area contributed by atoms with Gasteiger partial charge in [-0.05, 0) is 31.9 Å². The maximum absolute atomic E-state index is 12.1. The van der Waals surface area contributed by atoms with Crippen molar-refractivity contribution in [1.29, 1.82) is 0 Å². The van der Waals surface area contributed by atoms with Gasteiger partial charge in [0.05, 0.1) is 11.8 Å². The zero-order valence-corrected chi connectivity index (χ0v) is 12.6. The Bertz CT molecular complexity index is 715. The summed E-state index contributed by atoms with van der Waals surface area (Å²) in [5, 5.41) is 0. The van der Waals surface area contributed by atoms with Crippen LogP contribution in [0.15, 0.2) is 29.1 Å². The molecule has 0 radical (unpaired) electrons. The fourth-order valence-electron chi connectivity index (χ4n) is 2.20. The lowest BCUT2D eigenvalue weighted by molar-refractivity contribution is 0.303. The van der Waals surface area contributed by atoms with Crippen LogP contribution in [0.5, 0.6) is 5.75 Å². The molecule has 1 aliphatic rings. The van der Waals surface area contributed by atoms with E-state index in [1.165, 1.54) is 0 Å². The van der Waals surface area contributed by atoms with E-state index in [-0.39, 0.29) is 11.5 Å². The SMILES string of the molecule is Cc1c(-c2cccc(OC3CC3)c2)nc(C(C)C)[nH]c1=O. The molecular formula is C17H20N2O2. The first-order valence-electron chi connectivity index (χ1n) is 7.42. The first-order chi connectivity index (χ1) is 10.0. The molecule has 1 saturated carbocycles. The summed E-state index contributed by atoms with van der Waals surface area (Å²) in [4.78, 5) is 19.6. The molecule has 4 heteroatoms. The van der Waals surface area contributed by atoms with E-state index < -0.39 is 0 Å². The molecule has 1 N–H and O–H groups in total. The molecule has 0 amide bonds. The summed E-state index contributed by atoms with van der Waals surface area (Å²) in [7, 11) is 0. The molecule has 1 fully saturated rings. The summed E-state index contributed by atoms with van der Waals surface area (Å²) >= 11 is 0. The van der Waals surface area contributed by atoms with Crippen molar-refractivity contribution in [3.63, 3.8) is 0 Å². The third-order valence-electron chi connectivity index (χ3n) is 3.65. The fourth-order valence-corrected chi connectivity index (χ4v) is 2.20. The summed E-state index contributed by atoms with van der Waals surface area (Å²) < 4.78 is 5.82. The van der Waals surface area contributed by atoms with Crippen LogP contribution in [0.25, 0.3) is 11.3 Å². The number of benzene rings is 1. The Labute approximate surface area is 124 Å². The summed E-state index contributed by atoms with van der Waals surface area (Å²) in [6.45, 7) is 5.84. The minimum atomic E-state index is -0.0720. The van der Waals surface area contributed by atoms with Gasteiger partial charge < -0.3 is 9.72 Å². The molecule has 1 aromatic heterocycles. The van der Waals surface area contributed by atoms with Crippen LogP contribution >= 0.6 is 0 Å². The zero-order chi connectivity index (χ0) is 15.0. The van der Waals surface area contributed by atoms with Crippen LogP contribution < -0.4 is 10.3 Å². The summed E-state index contributed by atoms with van der Waals surface area (Å²) in [5.74, 6) is 1.75. The monoisotopic (exact) mass is 284 g/mol. The highest BCUT2D eigenvalue weighted by Gasteiger charge is 2.23. The van der Waals surface area contributed by atoms with E-state index in [1.54, 1.807) is 6.92 Å². The van der Waals surface area contributed by atoms with Crippen LogP contribution in [0, 0.1) is 6.92 Å². The molecule has 0 saturated heterocycles. The first-order valence-corrected chi connectivity index (χ1v) is 7.42. The number of nitrogens with one attached hydrogen (secondary N) is 1. The Hall–Kier alpha value is -2.10. The summed E-state index contributed by atoms with van der Waals surface area (Å²) in [6, 6.07) is 7.84. The van der Waals surface area contributed by atoms with E-state index >= 15 is 0 Å². The molecule has 110 valence electrons. The van der Waals surface area contributed by atoms with E-state index in [2.05, 4.69) is 9.97 Å². The second-order valence-corrected chi connectivity index (χ2v) is 5.92. The molecule has 0 unspecified atom stereocenters. The number of aromatic amines is 1. The van der Waals surface area contributed by atoms with Gasteiger partial charge in [0, 0.05) is 17.0 Å². The quantitative estimate of drug-likeness (QED) is 0.936. The molecule has 3 rings (SSSR count). The maximum Gasteiger partial charge on any atom is 0.254 e. The molecule has 1 aliphatic carbocycles. The predicted molar refractivity (Wildman–Crippen MR) is 82.8 cm³/mol. The molecule has 0 spiro atoms. The van der Waals surface area contributed by atoms with Crippen LogP contribution in [0.1, 0.15) is 44.0 Å². The predicted octanol–water partition coefficient (Wildman–Crippen LogP) is 3.41. The van der Waals surface area contributed by atoms with Gasteiger partial charge in [0.25, 0.3) is 5.56 Å². The summed E-state index contributed by atoms with van der Waals surface area (Å²) in [6.07, 6.45) is 2.62. The highest BCUT2D eigenvalue weighted by atomic mass is 16.5. The van der Waals surface area contributed by atoms with Crippen molar-refractivity contribution in [3.05, 3.63) is 46.0 Å². The lowest BCUT2D eigenvalue weighted by Gasteiger charge is -2.11. The molecule has 1 aromatic carbocycles. The Morgan fingerprint density at radius 2 is 2.10 bits per heavy atom. The Balaban J connectivity index is 2.04. The number of nitrogens with zero attached hydrogens (tertiary/aromatic N) is 1. The number of rotatable bonds is 4. The van der Waals surface area contributed by atoms with Crippen LogP contribution in [-0.2, 0) is 0 Å². The van der Waals surface area contributed by atoms with Gasteiger partial charge in [-0.2, -0.15) is 0 Å². The van der Waals surface area contributed by atoms with E-state index in [1.807, 2.05) is 38.1 Å². The lowest BCUT2D eigenvalue weighted by Crippen LogP contribution is -2.16. The van der Waals surface area contributed by atoms with Crippen molar-refractivity contribution in [2.45, 2.75) is 45.6 Å². The smallest absolute Gasteiger partial charge is 0.254 e. The lowest BCUT2D eigenvalue weighted by atomic mass is 10.1. The van der Waals surface area contributed by atoms with Crippen molar-refractivity contribution < 1.29 is 4.74 Å². The zero-order valence-electron chi connectivity index (χ0n) is 12.6. The van der Waals surface area contributed by atoms with Crippen LogP contribution in [0.3, 0.4) is 0 Å². The Kier molecular flexibility index (Phi) is 3.53. The van der Waals surface area contributed by atoms with Gasteiger partial charge in [0.1, 0.15) is 11.6 Å². The van der Waals surface area contributed by atoms with E-state index in [0.29, 0.717) is 17.5 Å². The normalized spacial score (nSPS) is 14.5. The summed E-state index contributed by atoms with van der Waals surface area (Å²) in [5.41, 5.74) is 2.24. The number of aromatic nitrogens is 2. The molecule has 0 bridgehead atoms. The molecule has 0 aliphatic heterocycles. The highest BCUT2D eigenvalue weighted by Crippen LogP contribution is 2.30. The molecule has 4 nitrogen and oxygen atoms in total. The van der Waals surface area contributed by atoms with Crippen molar-refractivity contribution in [2.24, 2.45) is 0 Å². The number of hydrogen-bond acceptors (Lipinski definition) is 3. The highest BCUT2D eigenvalue weighted by molar-refractivity contribution is 5.64. The Morgan fingerprint density at radius 1 is 1.33 bits per heavy atom. The maximum atomic E-state index is 12.1. The topological polar surface area (TPSA) is 55.0 Å². The largest absolute Gasteiger partial charge is 0.490 e. The first kappa shape index (κ1) is 13.9. The third kappa shape index (κ3) is 2.99. The van der Waals surface area contributed by atoms with Crippen molar-refractivity contribution in [1.82, 2.24) is 9.97 Å². The van der Waals surface area contributed by atoms with Gasteiger partial charge in [0.15, 0.2) is 0 Å². The van der Waals surface area contributed by atoms with Gasteiger partial charge in [-0.3, -0.25) is 4.79 Å². The number of ether oxygens (including phenoxy) is 1. The van der Waals surface area contributed by atoms with E-state index in [4.69, 9.17) is 4.74 Å². The standard InChI is InChI=1S/C17H20N2O2/c1-10(2)16-18-15(11(3)17(20)19-16)12-5-4-6-14(9-12)21-13-7-8-13/h4-6,9-10,13H,7-8H2,1-3H3,(H,18,19,20). The van der Waals surface area contributed by atoms with Crippen molar-refractivity contribution in [3.8, 4) is 17.0 Å². The van der Waals surface area contributed by atoms with Crippen LogP contribution in [0.2, 0.25) is 0 Å². The molecule has 2 aromatic rings. The molecule has 0 atom stereocenters. The minimum absolute atomic E-state index is 0.0720.